The Balaban J connectivity index is 2.33. The molecule has 3 unspecified atom stereocenters. The summed E-state index contributed by atoms with van der Waals surface area (Å²) in [6.07, 6.45) is 14.9. The normalized spacial score (nSPS) is 40.6. The Hall–Kier alpha value is -0.300. The summed E-state index contributed by atoms with van der Waals surface area (Å²) in [4.78, 5) is 0.500. The number of fused-ring (bicyclic) bond motifs is 2. The third-order valence-electron chi connectivity index (χ3n) is 2.26. The van der Waals surface area contributed by atoms with Gasteiger partial charge in [0.1, 0.15) is 0 Å². The fraction of sp³-hybridized carbons (Fsp3) is 0.400. The van der Waals surface area contributed by atoms with Crippen molar-refractivity contribution in [1.29, 1.82) is 0 Å². The standard InChI is InChI=1S/C10H11Br/c11-10-7-5-8-2-1-3-9(10)6-4-8/h1,3-10H,2H2. The second-order valence-corrected chi connectivity index (χ2v) is 4.18. The number of rotatable bonds is 0. The predicted octanol–water partition coefficient (Wildman–Crippen LogP) is 3.07. The largest absolute Gasteiger partial charge is 0.0870 e. The lowest BCUT2D eigenvalue weighted by Gasteiger charge is -2.10. The Bertz CT molecular complexity index is 223. The molecule has 0 saturated heterocycles. The van der Waals surface area contributed by atoms with Gasteiger partial charge in [-0.2, -0.15) is 0 Å². The Labute approximate surface area is 75.8 Å². The van der Waals surface area contributed by atoms with Crippen LogP contribution in [0, 0.1) is 11.8 Å². The minimum absolute atomic E-state index is 0.500. The summed E-state index contributed by atoms with van der Waals surface area (Å²) in [7, 11) is 0. The van der Waals surface area contributed by atoms with Crippen LogP contribution < -0.4 is 0 Å². The lowest BCUT2D eigenvalue weighted by atomic mass is 10.0. The van der Waals surface area contributed by atoms with Gasteiger partial charge in [0, 0.05) is 10.7 Å². The summed E-state index contributed by atoms with van der Waals surface area (Å²) in [6.45, 7) is 0. The molecular weight excluding hydrogens is 200 g/mol. The molecule has 3 atom stereocenters. The van der Waals surface area contributed by atoms with E-state index in [0.29, 0.717) is 16.7 Å². The van der Waals surface area contributed by atoms with Crippen molar-refractivity contribution in [2.24, 2.45) is 11.8 Å². The number of hydrogen-bond donors (Lipinski definition) is 0. The minimum Gasteiger partial charge on any atom is -0.0870 e. The Morgan fingerprint density at radius 2 is 1.82 bits per heavy atom. The maximum absolute atomic E-state index is 3.64. The van der Waals surface area contributed by atoms with E-state index in [9.17, 15) is 0 Å². The van der Waals surface area contributed by atoms with Crippen LogP contribution in [0.4, 0.5) is 0 Å². The molecule has 0 spiro atoms. The maximum atomic E-state index is 3.64. The van der Waals surface area contributed by atoms with Gasteiger partial charge in [0.05, 0.1) is 0 Å². The fourth-order valence-electron chi connectivity index (χ4n) is 1.54. The highest BCUT2D eigenvalue weighted by molar-refractivity contribution is 9.09. The molecule has 0 aromatic carbocycles. The molecule has 0 N–H and O–H groups in total. The molecule has 0 fully saturated rings. The average Bonchev–Trinajstić information content (AvgIpc) is 2.29. The van der Waals surface area contributed by atoms with Gasteiger partial charge in [-0.25, -0.2) is 0 Å². The smallest absolute Gasteiger partial charge is 0.0423 e. The molecule has 1 heteroatoms. The van der Waals surface area contributed by atoms with Crippen molar-refractivity contribution in [3.63, 3.8) is 0 Å². The molecule has 0 radical (unpaired) electrons. The molecule has 0 saturated carbocycles. The van der Waals surface area contributed by atoms with Crippen molar-refractivity contribution in [3.05, 3.63) is 36.5 Å². The summed E-state index contributed by atoms with van der Waals surface area (Å²) < 4.78 is 0. The number of alkyl halides is 1. The first-order valence-corrected chi connectivity index (χ1v) is 4.95. The Kier molecular flexibility index (Phi) is 1.99. The molecule has 2 bridgehead atoms. The second kappa shape index (κ2) is 2.98. The summed E-state index contributed by atoms with van der Waals surface area (Å²) in [6, 6.07) is 0. The monoisotopic (exact) mass is 210 g/mol. The van der Waals surface area contributed by atoms with Crippen LogP contribution in [0.1, 0.15) is 6.42 Å². The zero-order valence-electron chi connectivity index (χ0n) is 6.28. The molecule has 0 aliphatic heterocycles. The van der Waals surface area contributed by atoms with E-state index in [1.165, 1.54) is 6.42 Å². The van der Waals surface area contributed by atoms with Crippen LogP contribution in [0.5, 0.6) is 0 Å². The van der Waals surface area contributed by atoms with Crippen molar-refractivity contribution in [2.45, 2.75) is 11.2 Å². The van der Waals surface area contributed by atoms with Crippen molar-refractivity contribution in [3.8, 4) is 0 Å². The minimum atomic E-state index is 0.500. The van der Waals surface area contributed by atoms with Gasteiger partial charge in [0.15, 0.2) is 0 Å². The molecule has 0 amide bonds. The van der Waals surface area contributed by atoms with Crippen molar-refractivity contribution in [2.75, 3.05) is 0 Å². The molecule has 0 heterocycles. The van der Waals surface area contributed by atoms with Crippen molar-refractivity contribution < 1.29 is 0 Å². The maximum Gasteiger partial charge on any atom is 0.0423 e. The molecule has 2 aliphatic carbocycles. The molecule has 2 aliphatic rings. The number of allylic oxidation sites excluding steroid dienone is 6. The molecular formula is C10H11Br. The predicted molar refractivity (Wildman–Crippen MR) is 51.7 cm³/mol. The first-order valence-electron chi connectivity index (χ1n) is 4.03. The van der Waals surface area contributed by atoms with Crippen LogP contribution >= 0.6 is 15.9 Å². The molecule has 0 aromatic rings. The van der Waals surface area contributed by atoms with Crippen LogP contribution in [0.3, 0.4) is 0 Å². The lowest BCUT2D eigenvalue weighted by molar-refractivity contribution is 0.820. The van der Waals surface area contributed by atoms with Gasteiger partial charge in [0.2, 0.25) is 0 Å². The lowest BCUT2D eigenvalue weighted by Crippen LogP contribution is -2.05. The second-order valence-electron chi connectivity index (χ2n) is 3.12. The summed E-state index contributed by atoms with van der Waals surface area (Å²) in [5, 5.41) is 0. The van der Waals surface area contributed by atoms with E-state index >= 15 is 0 Å². The Morgan fingerprint density at radius 3 is 2.73 bits per heavy atom. The van der Waals surface area contributed by atoms with E-state index in [4.69, 9.17) is 0 Å². The topological polar surface area (TPSA) is 0 Å². The SMILES string of the molecule is BrC1C=CC2C=CC1C=CC2. The van der Waals surface area contributed by atoms with Crippen LogP contribution in [0.2, 0.25) is 0 Å². The quantitative estimate of drug-likeness (QED) is 0.426. The van der Waals surface area contributed by atoms with Gasteiger partial charge < -0.3 is 0 Å². The molecule has 58 valence electrons. The van der Waals surface area contributed by atoms with E-state index in [0.717, 1.165) is 0 Å². The van der Waals surface area contributed by atoms with Gasteiger partial charge in [-0.1, -0.05) is 52.4 Å². The molecule has 2 rings (SSSR count). The van der Waals surface area contributed by atoms with Crippen LogP contribution in [0.25, 0.3) is 0 Å². The van der Waals surface area contributed by atoms with Crippen molar-refractivity contribution >= 4 is 15.9 Å². The van der Waals surface area contributed by atoms with Crippen LogP contribution in [-0.4, -0.2) is 4.83 Å². The molecule has 0 aromatic heterocycles. The van der Waals surface area contributed by atoms with Gasteiger partial charge in [-0.3, -0.25) is 0 Å². The molecule has 11 heavy (non-hydrogen) atoms. The fourth-order valence-corrected chi connectivity index (χ4v) is 2.07. The Morgan fingerprint density at radius 1 is 1.00 bits per heavy atom. The highest BCUT2D eigenvalue weighted by Crippen LogP contribution is 2.27. The van der Waals surface area contributed by atoms with Gasteiger partial charge in [-0.05, 0) is 12.3 Å². The summed E-state index contributed by atoms with van der Waals surface area (Å²) >= 11 is 3.64. The summed E-state index contributed by atoms with van der Waals surface area (Å²) in [5.41, 5.74) is 0. The highest BCUT2D eigenvalue weighted by atomic mass is 79.9. The van der Waals surface area contributed by atoms with Crippen molar-refractivity contribution in [1.82, 2.24) is 0 Å². The van der Waals surface area contributed by atoms with E-state index in [1.807, 2.05) is 0 Å². The molecule has 0 nitrogen and oxygen atoms in total. The number of hydrogen-bond acceptors (Lipinski definition) is 0. The van der Waals surface area contributed by atoms with E-state index < -0.39 is 0 Å². The highest BCUT2D eigenvalue weighted by Gasteiger charge is 2.16. The first-order chi connectivity index (χ1) is 5.36. The number of halogens is 1. The van der Waals surface area contributed by atoms with Crippen LogP contribution in [0.15, 0.2) is 36.5 Å². The van der Waals surface area contributed by atoms with Crippen LogP contribution in [-0.2, 0) is 0 Å². The first kappa shape index (κ1) is 7.35. The summed E-state index contributed by atoms with van der Waals surface area (Å²) in [5.74, 6) is 1.21. The van der Waals surface area contributed by atoms with E-state index in [2.05, 4.69) is 52.4 Å². The van der Waals surface area contributed by atoms with Gasteiger partial charge in [-0.15, -0.1) is 0 Å². The zero-order valence-corrected chi connectivity index (χ0v) is 7.87. The van der Waals surface area contributed by atoms with Gasteiger partial charge >= 0.3 is 0 Å². The van der Waals surface area contributed by atoms with E-state index in [1.54, 1.807) is 0 Å². The third-order valence-corrected chi connectivity index (χ3v) is 3.17. The average molecular weight is 211 g/mol. The zero-order chi connectivity index (χ0) is 7.68. The van der Waals surface area contributed by atoms with Gasteiger partial charge in [0.25, 0.3) is 0 Å². The van der Waals surface area contributed by atoms with E-state index in [-0.39, 0.29) is 0 Å². The third kappa shape index (κ3) is 1.48.